The van der Waals surface area contributed by atoms with Gasteiger partial charge in [-0.25, -0.2) is 5.01 Å². The summed E-state index contributed by atoms with van der Waals surface area (Å²) in [7, 11) is 0. The first-order valence-corrected chi connectivity index (χ1v) is 5.12. The van der Waals surface area contributed by atoms with Gasteiger partial charge < -0.3 is 0 Å². The van der Waals surface area contributed by atoms with Crippen molar-refractivity contribution in [2.75, 3.05) is 5.01 Å². The van der Waals surface area contributed by atoms with Gasteiger partial charge in [0.15, 0.2) is 0 Å². The number of hydrazone groups is 1. The zero-order valence-corrected chi connectivity index (χ0v) is 9.32. The molecule has 0 aliphatic carbocycles. The van der Waals surface area contributed by atoms with Crippen molar-refractivity contribution in [3.63, 3.8) is 0 Å². The minimum Gasteiger partial charge on any atom is -0.272 e. The maximum absolute atomic E-state index is 11.8. The second kappa shape index (κ2) is 3.66. The van der Waals surface area contributed by atoms with Crippen molar-refractivity contribution in [1.82, 2.24) is 0 Å². The number of amides is 1. The van der Waals surface area contributed by atoms with Gasteiger partial charge in [0, 0.05) is 10.7 Å². The maximum Gasteiger partial charge on any atom is 0.255 e. The Balaban J connectivity index is 2.37. The molecule has 1 unspecified atom stereocenters. The van der Waals surface area contributed by atoms with Gasteiger partial charge in [0.1, 0.15) is 0 Å². The molecular weight excluding hydrogens is 212 g/mol. The summed E-state index contributed by atoms with van der Waals surface area (Å²) >= 11 is 5.86. The Morgan fingerprint density at radius 2 is 2.20 bits per heavy atom. The lowest BCUT2D eigenvalue weighted by atomic mass is 10.1. The third kappa shape index (κ3) is 1.75. The molecule has 15 heavy (non-hydrogen) atoms. The topological polar surface area (TPSA) is 32.7 Å². The average Bonchev–Trinajstić information content (AvgIpc) is 2.46. The van der Waals surface area contributed by atoms with Crippen molar-refractivity contribution < 1.29 is 4.79 Å². The van der Waals surface area contributed by atoms with Crippen LogP contribution in [-0.4, -0.2) is 11.6 Å². The molecule has 0 bridgehead atoms. The molecule has 1 aliphatic rings. The first-order valence-electron chi connectivity index (χ1n) is 4.74. The first kappa shape index (κ1) is 10.2. The van der Waals surface area contributed by atoms with Gasteiger partial charge in [-0.05, 0) is 32.0 Å². The van der Waals surface area contributed by atoms with Gasteiger partial charge in [-0.3, -0.25) is 4.79 Å². The van der Waals surface area contributed by atoms with E-state index in [0.29, 0.717) is 5.02 Å². The quantitative estimate of drug-likeness (QED) is 0.719. The van der Waals surface area contributed by atoms with E-state index in [9.17, 15) is 4.79 Å². The SMILES string of the molecule is CC1=NN(c2cccc(Cl)c2)C(=O)C1C. The van der Waals surface area contributed by atoms with Gasteiger partial charge >= 0.3 is 0 Å². The third-order valence-electron chi connectivity index (χ3n) is 2.52. The normalized spacial score (nSPS) is 20.7. The summed E-state index contributed by atoms with van der Waals surface area (Å²) in [5, 5.41) is 6.22. The average molecular weight is 223 g/mol. The minimum absolute atomic E-state index is 0.00485. The number of carbonyl (C=O) groups excluding carboxylic acids is 1. The van der Waals surface area contributed by atoms with Gasteiger partial charge in [0.05, 0.1) is 11.6 Å². The van der Waals surface area contributed by atoms with Crippen LogP contribution in [0.4, 0.5) is 5.69 Å². The van der Waals surface area contributed by atoms with Crippen LogP contribution in [0.2, 0.25) is 5.02 Å². The summed E-state index contributed by atoms with van der Waals surface area (Å²) in [5.41, 5.74) is 1.55. The van der Waals surface area contributed by atoms with Crippen LogP contribution in [-0.2, 0) is 4.79 Å². The molecule has 0 spiro atoms. The predicted molar refractivity (Wildman–Crippen MR) is 61.2 cm³/mol. The standard InChI is InChI=1S/C11H11ClN2O/c1-7-8(2)13-14(11(7)15)10-5-3-4-9(12)6-10/h3-7H,1-2H3. The van der Waals surface area contributed by atoms with Crippen LogP contribution >= 0.6 is 11.6 Å². The Hall–Kier alpha value is -1.35. The highest BCUT2D eigenvalue weighted by Crippen LogP contribution is 2.25. The molecule has 0 N–H and O–H groups in total. The molecule has 2 rings (SSSR count). The number of hydrogen-bond acceptors (Lipinski definition) is 2. The fourth-order valence-corrected chi connectivity index (χ4v) is 1.63. The van der Waals surface area contributed by atoms with Gasteiger partial charge in [-0.15, -0.1) is 0 Å². The molecule has 0 aromatic heterocycles. The Morgan fingerprint density at radius 3 is 2.73 bits per heavy atom. The van der Waals surface area contributed by atoms with Gasteiger partial charge in [-0.1, -0.05) is 17.7 Å². The van der Waals surface area contributed by atoms with Crippen molar-refractivity contribution in [2.45, 2.75) is 13.8 Å². The summed E-state index contributed by atoms with van der Waals surface area (Å²) in [5.74, 6) is -0.140. The summed E-state index contributed by atoms with van der Waals surface area (Å²) in [4.78, 5) is 11.8. The van der Waals surface area contributed by atoms with Crippen LogP contribution < -0.4 is 5.01 Å². The van der Waals surface area contributed by atoms with Crippen molar-refractivity contribution in [3.05, 3.63) is 29.3 Å². The summed E-state index contributed by atoms with van der Waals surface area (Å²) in [6.45, 7) is 3.71. The predicted octanol–water partition coefficient (Wildman–Crippen LogP) is 2.70. The maximum atomic E-state index is 11.8. The molecule has 1 amide bonds. The fraction of sp³-hybridized carbons (Fsp3) is 0.273. The highest BCUT2D eigenvalue weighted by atomic mass is 35.5. The number of halogens is 1. The largest absolute Gasteiger partial charge is 0.272 e. The summed E-state index contributed by atoms with van der Waals surface area (Å²) in [6.07, 6.45) is 0. The number of hydrogen-bond donors (Lipinski definition) is 0. The highest BCUT2D eigenvalue weighted by Gasteiger charge is 2.30. The van der Waals surface area contributed by atoms with Crippen LogP contribution in [0.25, 0.3) is 0 Å². The smallest absolute Gasteiger partial charge is 0.255 e. The lowest BCUT2D eigenvalue weighted by molar-refractivity contribution is -0.119. The molecule has 1 atom stereocenters. The van der Waals surface area contributed by atoms with Crippen molar-refractivity contribution in [1.29, 1.82) is 0 Å². The number of carbonyl (C=O) groups is 1. The molecule has 0 saturated carbocycles. The Morgan fingerprint density at radius 1 is 1.47 bits per heavy atom. The molecule has 78 valence electrons. The first-order chi connectivity index (χ1) is 7.09. The van der Waals surface area contributed by atoms with E-state index in [1.54, 1.807) is 18.2 Å². The van der Waals surface area contributed by atoms with E-state index >= 15 is 0 Å². The summed E-state index contributed by atoms with van der Waals surface area (Å²) < 4.78 is 0. The van der Waals surface area contributed by atoms with Crippen LogP contribution in [0, 0.1) is 5.92 Å². The monoisotopic (exact) mass is 222 g/mol. The molecule has 0 radical (unpaired) electrons. The zero-order valence-electron chi connectivity index (χ0n) is 8.57. The van der Waals surface area contributed by atoms with Gasteiger partial charge in [-0.2, -0.15) is 5.10 Å². The van der Waals surface area contributed by atoms with Crippen LogP contribution in [0.15, 0.2) is 29.4 Å². The second-order valence-electron chi connectivity index (χ2n) is 3.59. The third-order valence-corrected chi connectivity index (χ3v) is 2.75. The molecule has 1 aromatic rings. The molecule has 1 aromatic carbocycles. The highest BCUT2D eigenvalue weighted by molar-refractivity contribution is 6.31. The number of anilines is 1. The Bertz CT molecular complexity index is 442. The Labute approximate surface area is 93.3 Å². The number of benzene rings is 1. The van der Waals surface area contributed by atoms with E-state index < -0.39 is 0 Å². The lowest BCUT2D eigenvalue weighted by Gasteiger charge is -2.12. The molecule has 4 heteroatoms. The van der Waals surface area contributed by atoms with Gasteiger partial charge in [0.25, 0.3) is 5.91 Å². The van der Waals surface area contributed by atoms with Crippen molar-refractivity contribution in [3.8, 4) is 0 Å². The van der Waals surface area contributed by atoms with Crippen LogP contribution in [0.5, 0.6) is 0 Å². The Kier molecular flexibility index (Phi) is 2.49. The lowest BCUT2D eigenvalue weighted by Crippen LogP contribution is -2.25. The van der Waals surface area contributed by atoms with Crippen molar-refractivity contribution in [2.24, 2.45) is 11.0 Å². The number of rotatable bonds is 1. The second-order valence-corrected chi connectivity index (χ2v) is 4.03. The van der Waals surface area contributed by atoms with Gasteiger partial charge in [0.2, 0.25) is 0 Å². The molecule has 1 aliphatic heterocycles. The zero-order chi connectivity index (χ0) is 11.0. The molecule has 0 saturated heterocycles. The molecule has 3 nitrogen and oxygen atoms in total. The van der Waals surface area contributed by atoms with E-state index in [-0.39, 0.29) is 11.8 Å². The minimum atomic E-state index is -0.135. The molecule has 0 fully saturated rings. The fourth-order valence-electron chi connectivity index (χ4n) is 1.45. The van der Waals surface area contributed by atoms with E-state index in [0.717, 1.165) is 11.4 Å². The molecule has 1 heterocycles. The number of nitrogens with zero attached hydrogens (tertiary/aromatic N) is 2. The van der Waals surface area contributed by atoms with Crippen LogP contribution in [0.1, 0.15) is 13.8 Å². The van der Waals surface area contributed by atoms with Crippen molar-refractivity contribution >= 4 is 28.9 Å². The van der Waals surface area contributed by atoms with E-state index in [1.807, 2.05) is 19.9 Å². The van der Waals surface area contributed by atoms with E-state index in [2.05, 4.69) is 5.10 Å². The molecular formula is C11H11ClN2O. The summed E-state index contributed by atoms with van der Waals surface area (Å²) in [6, 6.07) is 7.12. The van der Waals surface area contributed by atoms with E-state index in [4.69, 9.17) is 11.6 Å². The van der Waals surface area contributed by atoms with Crippen LogP contribution in [0.3, 0.4) is 0 Å². The van der Waals surface area contributed by atoms with E-state index in [1.165, 1.54) is 5.01 Å².